The molecule has 8 heteroatoms. The number of carbonyl (C=O) groups is 1. The summed E-state index contributed by atoms with van der Waals surface area (Å²) < 4.78 is 2.83. The summed E-state index contributed by atoms with van der Waals surface area (Å²) >= 11 is 1.49. The Morgan fingerprint density at radius 1 is 1.29 bits per heavy atom. The van der Waals surface area contributed by atoms with Crippen LogP contribution in [-0.4, -0.2) is 25.3 Å². The maximum absolute atomic E-state index is 12.5. The van der Waals surface area contributed by atoms with Crippen LogP contribution in [0.3, 0.4) is 0 Å². The number of para-hydroxylation sites is 1. The van der Waals surface area contributed by atoms with Crippen molar-refractivity contribution in [3.05, 3.63) is 82.0 Å². The average molecular weight is 391 g/mol. The van der Waals surface area contributed by atoms with Crippen LogP contribution in [0, 0.1) is 0 Å². The Hall–Kier alpha value is -3.52. The minimum atomic E-state index is -0.429. The fourth-order valence-electron chi connectivity index (χ4n) is 2.70. The minimum absolute atomic E-state index is 0.292. The first-order chi connectivity index (χ1) is 13.6. The third-order valence-electron chi connectivity index (χ3n) is 4.13. The van der Waals surface area contributed by atoms with E-state index in [-0.39, 0.29) is 5.56 Å². The van der Waals surface area contributed by atoms with Crippen LogP contribution in [0.5, 0.6) is 0 Å². The zero-order valence-electron chi connectivity index (χ0n) is 15.1. The average Bonchev–Trinajstić information content (AvgIpc) is 3.36. The summed E-state index contributed by atoms with van der Waals surface area (Å²) in [6, 6.07) is 11.5. The second-order valence-electron chi connectivity index (χ2n) is 6.07. The second kappa shape index (κ2) is 7.61. The van der Waals surface area contributed by atoms with Crippen LogP contribution < -0.4 is 11.0 Å². The number of fused-ring (bicyclic) bond motifs is 1. The van der Waals surface area contributed by atoms with E-state index >= 15 is 0 Å². The highest BCUT2D eigenvalue weighted by atomic mass is 32.1. The third kappa shape index (κ3) is 3.63. The van der Waals surface area contributed by atoms with Crippen molar-refractivity contribution in [2.75, 3.05) is 5.43 Å². The summed E-state index contributed by atoms with van der Waals surface area (Å²) in [5.41, 5.74) is 3.94. The van der Waals surface area contributed by atoms with E-state index in [4.69, 9.17) is 0 Å². The van der Waals surface area contributed by atoms with Crippen molar-refractivity contribution in [3.8, 4) is 5.69 Å². The first-order valence-electron chi connectivity index (χ1n) is 8.73. The number of thiophene rings is 1. The fraction of sp³-hybridized carbons (Fsp3) is 0.100. The van der Waals surface area contributed by atoms with Crippen molar-refractivity contribution in [3.63, 3.8) is 0 Å². The number of nitrogens with zero attached hydrogens (tertiary/aromatic N) is 4. The predicted octanol–water partition coefficient (Wildman–Crippen LogP) is 2.99. The van der Waals surface area contributed by atoms with Gasteiger partial charge in [0, 0.05) is 22.7 Å². The van der Waals surface area contributed by atoms with Crippen LogP contribution in [0.2, 0.25) is 0 Å². The molecule has 0 radical (unpaired) electrons. The highest BCUT2D eigenvalue weighted by molar-refractivity contribution is 7.18. The molecule has 0 aliphatic rings. The summed E-state index contributed by atoms with van der Waals surface area (Å²) in [6.45, 7) is 2.02. The SMILES string of the molecule is CCc1cc2c(=O)n(NC(=O)C=Cc3cnn(-c4ccccc4)c3)cnc2s1. The number of aryl methyl sites for hydroxylation is 1. The molecular weight excluding hydrogens is 374 g/mol. The summed E-state index contributed by atoms with van der Waals surface area (Å²) in [4.78, 5) is 30.7. The quantitative estimate of drug-likeness (QED) is 0.530. The van der Waals surface area contributed by atoms with Gasteiger partial charge in [-0.3, -0.25) is 15.0 Å². The molecule has 4 aromatic rings. The third-order valence-corrected chi connectivity index (χ3v) is 5.32. The molecule has 3 heterocycles. The lowest BCUT2D eigenvalue weighted by atomic mass is 10.3. The molecule has 0 aliphatic heterocycles. The molecule has 0 saturated heterocycles. The molecule has 28 heavy (non-hydrogen) atoms. The normalized spacial score (nSPS) is 11.3. The van der Waals surface area contributed by atoms with Gasteiger partial charge in [-0.15, -0.1) is 11.3 Å². The molecule has 0 fully saturated rings. The predicted molar refractivity (Wildman–Crippen MR) is 110 cm³/mol. The van der Waals surface area contributed by atoms with Gasteiger partial charge < -0.3 is 0 Å². The molecule has 0 spiro atoms. The minimum Gasteiger partial charge on any atom is -0.268 e. The van der Waals surface area contributed by atoms with Gasteiger partial charge in [0.2, 0.25) is 0 Å². The lowest BCUT2D eigenvalue weighted by Gasteiger charge is -2.04. The van der Waals surface area contributed by atoms with Gasteiger partial charge in [0.25, 0.3) is 11.5 Å². The van der Waals surface area contributed by atoms with E-state index in [0.717, 1.165) is 27.2 Å². The number of hydrogen-bond donors (Lipinski definition) is 1. The summed E-state index contributed by atoms with van der Waals surface area (Å²) in [5.74, 6) is -0.429. The van der Waals surface area contributed by atoms with Crippen LogP contribution in [0.4, 0.5) is 0 Å². The number of benzene rings is 1. The molecule has 3 aromatic heterocycles. The first kappa shape index (κ1) is 17.9. The smallest absolute Gasteiger partial charge is 0.268 e. The van der Waals surface area contributed by atoms with Crippen LogP contribution in [0.1, 0.15) is 17.4 Å². The molecular formula is C20H17N5O2S. The van der Waals surface area contributed by atoms with Crippen LogP contribution in [0.15, 0.2) is 66.0 Å². The maximum Gasteiger partial charge on any atom is 0.280 e. The molecule has 0 unspecified atom stereocenters. The molecule has 140 valence electrons. The highest BCUT2D eigenvalue weighted by Crippen LogP contribution is 2.20. The van der Waals surface area contributed by atoms with Gasteiger partial charge in [0.05, 0.1) is 17.3 Å². The number of rotatable bonds is 5. The number of amides is 1. The van der Waals surface area contributed by atoms with Crippen molar-refractivity contribution in [2.24, 2.45) is 0 Å². The first-order valence-corrected chi connectivity index (χ1v) is 9.55. The summed E-state index contributed by atoms with van der Waals surface area (Å²) in [5, 5.41) is 4.79. The van der Waals surface area contributed by atoms with Gasteiger partial charge in [-0.2, -0.15) is 5.10 Å². The van der Waals surface area contributed by atoms with Gasteiger partial charge in [0.15, 0.2) is 0 Å². The number of hydrogen-bond acceptors (Lipinski definition) is 5. The Kier molecular flexibility index (Phi) is 4.86. The molecule has 0 bridgehead atoms. The van der Waals surface area contributed by atoms with E-state index in [1.54, 1.807) is 17.0 Å². The second-order valence-corrected chi connectivity index (χ2v) is 7.18. The van der Waals surface area contributed by atoms with Gasteiger partial charge in [-0.25, -0.2) is 14.3 Å². The molecule has 0 saturated carbocycles. The molecule has 0 atom stereocenters. The molecule has 0 aliphatic carbocycles. The van der Waals surface area contributed by atoms with E-state index < -0.39 is 5.91 Å². The highest BCUT2D eigenvalue weighted by Gasteiger charge is 2.09. The molecule has 4 rings (SSSR count). The Morgan fingerprint density at radius 2 is 2.11 bits per heavy atom. The zero-order chi connectivity index (χ0) is 19.5. The summed E-state index contributed by atoms with van der Waals surface area (Å²) in [7, 11) is 0. The van der Waals surface area contributed by atoms with Crippen LogP contribution in [-0.2, 0) is 11.2 Å². The van der Waals surface area contributed by atoms with Gasteiger partial charge >= 0.3 is 0 Å². The van der Waals surface area contributed by atoms with E-state index in [2.05, 4.69) is 15.5 Å². The van der Waals surface area contributed by atoms with Crippen molar-refractivity contribution in [1.82, 2.24) is 19.4 Å². The maximum atomic E-state index is 12.5. The van der Waals surface area contributed by atoms with Crippen molar-refractivity contribution < 1.29 is 4.79 Å². The Balaban J connectivity index is 1.49. The number of nitrogens with one attached hydrogen (secondary N) is 1. The van der Waals surface area contributed by atoms with E-state index in [1.807, 2.05) is 49.5 Å². The Labute approximate surface area is 164 Å². The van der Waals surface area contributed by atoms with Gasteiger partial charge in [-0.05, 0) is 30.7 Å². The standard InChI is InChI=1S/C20H17N5O2S/c1-2-16-10-17-19(28-16)21-13-25(20(17)27)23-18(26)9-8-14-11-22-24(12-14)15-6-4-3-5-7-15/h3-13H,2H2,1H3,(H,23,26). The van der Waals surface area contributed by atoms with Crippen molar-refractivity contribution in [1.29, 1.82) is 0 Å². The van der Waals surface area contributed by atoms with Gasteiger partial charge in [-0.1, -0.05) is 25.1 Å². The molecule has 1 N–H and O–H groups in total. The Morgan fingerprint density at radius 3 is 2.89 bits per heavy atom. The van der Waals surface area contributed by atoms with Crippen LogP contribution >= 0.6 is 11.3 Å². The monoisotopic (exact) mass is 391 g/mol. The van der Waals surface area contributed by atoms with E-state index in [9.17, 15) is 9.59 Å². The summed E-state index contributed by atoms with van der Waals surface area (Å²) in [6.07, 6.45) is 8.64. The van der Waals surface area contributed by atoms with E-state index in [1.165, 1.54) is 23.7 Å². The zero-order valence-corrected chi connectivity index (χ0v) is 15.9. The molecule has 1 aromatic carbocycles. The number of aromatic nitrogens is 4. The van der Waals surface area contributed by atoms with Crippen LogP contribution in [0.25, 0.3) is 22.0 Å². The lowest BCUT2D eigenvalue weighted by Crippen LogP contribution is -2.32. The fourth-order valence-corrected chi connectivity index (χ4v) is 3.62. The van der Waals surface area contributed by atoms with Gasteiger partial charge in [0.1, 0.15) is 11.2 Å². The van der Waals surface area contributed by atoms with E-state index in [0.29, 0.717) is 10.2 Å². The molecule has 1 amide bonds. The number of carbonyl (C=O) groups excluding carboxylic acids is 1. The largest absolute Gasteiger partial charge is 0.280 e. The Bertz CT molecular complexity index is 1220. The molecule has 7 nitrogen and oxygen atoms in total. The lowest BCUT2D eigenvalue weighted by molar-refractivity contribution is -0.112. The van der Waals surface area contributed by atoms with Crippen molar-refractivity contribution in [2.45, 2.75) is 13.3 Å². The topological polar surface area (TPSA) is 81.8 Å². The van der Waals surface area contributed by atoms with Crippen molar-refractivity contribution >= 4 is 33.5 Å².